The van der Waals surface area contributed by atoms with Crippen LogP contribution in [-0.2, 0) is 4.79 Å². The molecule has 0 aliphatic heterocycles. The lowest BCUT2D eigenvalue weighted by Gasteiger charge is -1.94. The Kier molecular flexibility index (Phi) is 8.06. The quantitative estimate of drug-likeness (QED) is 0.325. The Labute approximate surface area is 82.2 Å². The van der Waals surface area contributed by atoms with E-state index in [2.05, 4.69) is 13.2 Å². The zero-order valence-corrected chi connectivity index (χ0v) is 8.19. The number of nitro groups is 1. The van der Waals surface area contributed by atoms with Gasteiger partial charge < -0.3 is 5.11 Å². The topological polar surface area (TPSA) is 80.4 Å². The number of hydrogen-bond acceptors (Lipinski definition) is 3. The number of aliphatic carboxylic acids is 1. The van der Waals surface area contributed by atoms with Crippen molar-refractivity contribution in [3.63, 3.8) is 0 Å². The summed E-state index contributed by atoms with van der Waals surface area (Å²) in [6.07, 6.45) is 1.77. The molecule has 0 rings (SSSR count). The average Bonchev–Trinajstić information content (AvgIpc) is 2.15. The highest BCUT2D eigenvalue weighted by molar-refractivity contribution is 5.90. The Hall–Kier alpha value is -1.91. The van der Waals surface area contributed by atoms with Gasteiger partial charge in [-0.1, -0.05) is 27.0 Å². The largest absolute Gasteiger partial charge is 0.477 e. The molecule has 5 nitrogen and oxygen atoms in total. The molecule has 1 N–H and O–H groups in total. The lowest BCUT2D eigenvalue weighted by Crippen LogP contribution is -2.06. The fraction of sp³-hybridized carbons (Fsp3) is 0.222. The van der Waals surface area contributed by atoms with Crippen molar-refractivity contribution in [1.29, 1.82) is 0 Å². The van der Waals surface area contributed by atoms with E-state index in [1.807, 2.05) is 13.8 Å². The van der Waals surface area contributed by atoms with Gasteiger partial charge in [0, 0.05) is 6.08 Å². The van der Waals surface area contributed by atoms with Crippen molar-refractivity contribution in [2.45, 2.75) is 13.8 Å². The summed E-state index contributed by atoms with van der Waals surface area (Å²) in [5, 5.41) is 18.6. The summed E-state index contributed by atoms with van der Waals surface area (Å²) in [4.78, 5) is 19.7. The molecule has 0 radical (unpaired) electrons. The van der Waals surface area contributed by atoms with Gasteiger partial charge in [-0.05, 0) is 6.08 Å². The van der Waals surface area contributed by atoms with E-state index < -0.39 is 22.2 Å². The first-order valence-electron chi connectivity index (χ1n) is 3.91. The fourth-order valence-corrected chi connectivity index (χ4v) is 0.584. The van der Waals surface area contributed by atoms with Crippen molar-refractivity contribution in [2.24, 2.45) is 0 Å². The Morgan fingerprint density at radius 3 is 1.86 bits per heavy atom. The number of rotatable bonds is 4. The summed E-state index contributed by atoms with van der Waals surface area (Å²) in [5.41, 5.74) is -1.02. The molecule has 0 aromatic rings. The smallest absolute Gasteiger partial charge is 0.342 e. The van der Waals surface area contributed by atoms with E-state index in [1.165, 1.54) is 0 Å². The molecule has 0 amide bonds. The van der Waals surface area contributed by atoms with E-state index in [0.29, 0.717) is 0 Å². The number of nitrogens with zero attached hydrogens (tertiary/aromatic N) is 1. The minimum absolute atomic E-state index is 0.463. The predicted octanol–water partition coefficient (Wildman–Crippen LogP) is 2.00. The van der Waals surface area contributed by atoms with E-state index in [9.17, 15) is 14.9 Å². The average molecular weight is 199 g/mol. The minimum Gasteiger partial charge on any atom is -0.477 e. The number of carbonyl (C=O) groups is 1. The van der Waals surface area contributed by atoms with Gasteiger partial charge in [-0.2, -0.15) is 0 Å². The van der Waals surface area contributed by atoms with Crippen molar-refractivity contribution in [1.82, 2.24) is 0 Å². The van der Waals surface area contributed by atoms with Crippen LogP contribution in [0.15, 0.2) is 36.6 Å². The van der Waals surface area contributed by atoms with Crippen molar-refractivity contribution >= 4 is 5.97 Å². The van der Waals surface area contributed by atoms with Crippen LogP contribution in [0.25, 0.3) is 0 Å². The van der Waals surface area contributed by atoms with E-state index in [1.54, 1.807) is 0 Å². The van der Waals surface area contributed by atoms with Gasteiger partial charge in [-0.25, -0.2) is 4.79 Å². The summed E-state index contributed by atoms with van der Waals surface area (Å²) in [7, 11) is 0. The highest BCUT2D eigenvalue weighted by atomic mass is 16.6. The van der Waals surface area contributed by atoms with Crippen LogP contribution < -0.4 is 0 Å². The maximum absolute atomic E-state index is 10.4. The third kappa shape index (κ3) is 4.20. The molecule has 78 valence electrons. The van der Waals surface area contributed by atoms with Crippen molar-refractivity contribution in [2.75, 3.05) is 0 Å². The second kappa shape index (κ2) is 7.72. The SMILES string of the molecule is C=C/C(C(=O)O)=C(\C=C)[N+](=O)[O-].CC. The monoisotopic (exact) mass is 199 g/mol. The minimum atomic E-state index is -1.39. The highest BCUT2D eigenvalue weighted by Gasteiger charge is 2.17. The van der Waals surface area contributed by atoms with Crippen LogP contribution in [-0.4, -0.2) is 16.0 Å². The lowest BCUT2D eigenvalue weighted by molar-refractivity contribution is -0.419. The van der Waals surface area contributed by atoms with E-state index >= 15 is 0 Å². The van der Waals surface area contributed by atoms with Crippen molar-refractivity contribution in [3.8, 4) is 0 Å². The lowest BCUT2D eigenvalue weighted by atomic mass is 10.2. The Morgan fingerprint density at radius 1 is 1.36 bits per heavy atom. The van der Waals surface area contributed by atoms with Gasteiger partial charge in [-0.3, -0.25) is 10.1 Å². The van der Waals surface area contributed by atoms with Gasteiger partial charge in [-0.15, -0.1) is 0 Å². The summed E-state index contributed by atoms with van der Waals surface area (Å²) < 4.78 is 0. The van der Waals surface area contributed by atoms with Crippen LogP contribution >= 0.6 is 0 Å². The van der Waals surface area contributed by atoms with Gasteiger partial charge in [0.2, 0.25) is 0 Å². The van der Waals surface area contributed by atoms with Crippen LogP contribution in [0.1, 0.15) is 13.8 Å². The second-order valence-corrected chi connectivity index (χ2v) is 1.77. The molecule has 0 saturated heterocycles. The van der Waals surface area contributed by atoms with Crippen LogP contribution in [0.4, 0.5) is 0 Å². The molecule has 14 heavy (non-hydrogen) atoms. The molecule has 0 spiro atoms. The molecule has 0 bridgehead atoms. The maximum atomic E-state index is 10.4. The molecule has 0 aliphatic rings. The molecule has 0 aromatic heterocycles. The molecule has 0 unspecified atom stereocenters. The summed E-state index contributed by atoms with van der Waals surface area (Å²) in [5.74, 6) is -1.39. The van der Waals surface area contributed by atoms with Gasteiger partial charge in [0.15, 0.2) is 0 Å². The van der Waals surface area contributed by atoms with E-state index in [4.69, 9.17) is 5.11 Å². The third-order valence-corrected chi connectivity index (χ3v) is 1.10. The summed E-state index contributed by atoms with van der Waals surface area (Å²) in [6, 6.07) is 0. The Morgan fingerprint density at radius 2 is 1.79 bits per heavy atom. The predicted molar refractivity (Wildman–Crippen MR) is 53.4 cm³/mol. The molecule has 0 fully saturated rings. The van der Waals surface area contributed by atoms with Crippen LogP contribution in [0, 0.1) is 10.1 Å². The molecule has 5 heteroatoms. The number of carboxylic acids is 1. The molecular weight excluding hydrogens is 186 g/mol. The fourth-order valence-electron chi connectivity index (χ4n) is 0.584. The standard InChI is InChI=1S/C7H7NO4.C2H6/c1-3-5(7(9)10)6(4-2)8(11)12;1-2/h3-4H,1-2H2,(H,9,10);1-2H3/b6-5-;. The zero-order chi connectivity index (χ0) is 11.7. The first-order chi connectivity index (χ1) is 6.54. The summed E-state index contributed by atoms with van der Waals surface area (Å²) in [6.45, 7) is 10.3. The van der Waals surface area contributed by atoms with Gasteiger partial charge in [0.1, 0.15) is 5.57 Å². The maximum Gasteiger partial charge on any atom is 0.342 e. The first kappa shape index (κ1) is 14.6. The molecule has 0 aliphatic carbocycles. The van der Waals surface area contributed by atoms with Crippen LogP contribution in [0.3, 0.4) is 0 Å². The van der Waals surface area contributed by atoms with E-state index in [-0.39, 0.29) is 0 Å². The normalized spacial score (nSPS) is 10.1. The van der Waals surface area contributed by atoms with Crippen molar-refractivity contribution in [3.05, 3.63) is 46.7 Å². The Bertz CT molecular complexity index is 251. The molecule has 0 heterocycles. The molecular formula is C9H13NO4. The molecule has 0 aromatic carbocycles. The highest BCUT2D eigenvalue weighted by Crippen LogP contribution is 2.07. The van der Waals surface area contributed by atoms with Crippen LogP contribution in [0.5, 0.6) is 0 Å². The van der Waals surface area contributed by atoms with Crippen LogP contribution in [0.2, 0.25) is 0 Å². The molecule has 0 atom stereocenters. The number of hydrogen-bond donors (Lipinski definition) is 1. The molecule has 0 saturated carbocycles. The van der Waals surface area contributed by atoms with Crippen molar-refractivity contribution < 1.29 is 14.8 Å². The number of carboxylic acid groups (broad SMARTS) is 1. The first-order valence-corrected chi connectivity index (χ1v) is 3.91. The second-order valence-electron chi connectivity index (χ2n) is 1.77. The Balaban J connectivity index is 0. The zero-order valence-electron chi connectivity index (χ0n) is 8.19. The van der Waals surface area contributed by atoms with Gasteiger partial charge >= 0.3 is 5.97 Å². The summed E-state index contributed by atoms with van der Waals surface area (Å²) >= 11 is 0. The van der Waals surface area contributed by atoms with E-state index in [0.717, 1.165) is 12.2 Å². The third-order valence-electron chi connectivity index (χ3n) is 1.10. The van der Waals surface area contributed by atoms with Gasteiger partial charge in [0.25, 0.3) is 5.70 Å². The van der Waals surface area contributed by atoms with Gasteiger partial charge in [0.05, 0.1) is 4.92 Å². The number of allylic oxidation sites excluding steroid dienone is 1.